The lowest BCUT2D eigenvalue weighted by molar-refractivity contribution is -0.112. The van der Waals surface area contributed by atoms with Gasteiger partial charge in [0.05, 0.1) is 16.8 Å². The molecule has 7 nitrogen and oxygen atoms in total. The van der Waals surface area contributed by atoms with Gasteiger partial charge in [-0.3, -0.25) is 14.5 Å². The minimum Gasteiger partial charge on any atom is -0.508 e. The second-order valence-corrected chi connectivity index (χ2v) is 8.52. The number of aromatic hydroxyl groups is 1. The quantitative estimate of drug-likeness (QED) is 0.305. The molecule has 0 aliphatic carbocycles. The lowest BCUT2D eigenvalue weighted by Gasteiger charge is -2.19. The number of hydrogen-bond acceptors (Lipinski definition) is 4. The van der Waals surface area contributed by atoms with E-state index in [1.807, 2.05) is 44.2 Å². The van der Waals surface area contributed by atoms with E-state index in [-0.39, 0.29) is 17.2 Å². The number of H-pyrrole nitrogens is 1. The summed E-state index contributed by atoms with van der Waals surface area (Å²) in [6.07, 6.45) is 0. The molecule has 0 saturated carbocycles. The zero-order valence-electron chi connectivity index (χ0n) is 20.0. The molecule has 34 heavy (non-hydrogen) atoms. The third kappa shape index (κ3) is 4.47. The van der Waals surface area contributed by atoms with Crippen molar-refractivity contribution >= 4 is 34.3 Å². The van der Waals surface area contributed by atoms with Gasteiger partial charge in [0.2, 0.25) is 0 Å². The average Bonchev–Trinajstić information content (AvgIpc) is 3.32. The van der Waals surface area contributed by atoms with Crippen LogP contribution < -0.4 is 10.6 Å². The normalized spacial score (nSPS) is 14.2. The number of nitrogens with one attached hydrogen (secondary N) is 3. The van der Waals surface area contributed by atoms with Crippen molar-refractivity contribution in [3.8, 4) is 5.75 Å². The monoisotopic (exact) mass is 458 g/mol. The van der Waals surface area contributed by atoms with Crippen LogP contribution in [0.4, 0.5) is 11.4 Å². The summed E-state index contributed by atoms with van der Waals surface area (Å²) in [7, 11) is 0. The first kappa shape index (κ1) is 23.3. The van der Waals surface area contributed by atoms with E-state index in [1.54, 1.807) is 18.2 Å². The predicted octanol–water partition coefficient (Wildman–Crippen LogP) is 4.68. The van der Waals surface area contributed by atoms with Crippen molar-refractivity contribution in [3.63, 3.8) is 0 Å². The number of benzene rings is 2. The molecule has 0 saturated heterocycles. The maximum absolute atomic E-state index is 13.7. The van der Waals surface area contributed by atoms with Gasteiger partial charge in [0.25, 0.3) is 11.8 Å². The summed E-state index contributed by atoms with van der Waals surface area (Å²) in [6.45, 7) is 10.2. The summed E-state index contributed by atoms with van der Waals surface area (Å²) in [5.74, 6) is -0.527. The second kappa shape index (κ2) is 9.57. The summed E-state index contributed by atoms with van der Waals surface area (Å²) >= 11 is 0. The van der Waals surface area contributed by atoms with Gasteiger partial charge in [0, 0.05) is 34.7 Å². The fourth-order valence-electron chi connectivity index (χ4n) is 4.38. The number of aromatic amines is 1. The van der Waals surface area contributed by atoms with Crippen LogP contribution in [0, 0.1) is 13.8 Å². The van der Waals surface area contributed by atoms with Crippen molar-refractivity contribution in [1.82, 2.24) is 9.88 Å². The fraction of sp³-hybridized carbons (Fsp3) is 0.259. The largest absolute Gasteiger partial charge is 0.508 e. The van der Waals surface area contributed by atoms with Crippen LogP contribution in [-0.4, -0.2) is 39.9 Å². The highest BCUT2D eigenvalue weighted by Gasteiger charge is 2.32. The number of phenolic OH excluding ortho intramolecular Hbond substituents is 1. The summed E-state index contributed by atoms with van der Waals surface area (Å²) in [4.78, 5) is 32.1. The third-order valence-corrected chi connectivity index (χ3v) is 6.17. The molecule has 0 atom stereocenters. The van der Waals surface area contributed by atoms with Crippen LogP contribution in [0.3, 0.4) is 0 Å². The minimum atomic E-state index is -0.397. The van der Waals surface area contributed by atoms with Crippen molar-refractivity contribution in [3.05, 3.63) is 76.6 Å². The lowest BCUT2D eigenvalue weighted by atomic mass is 9.96. The molecular weight excluding hydrogens is 428 g/mol. The molecule has 0 fully saturated rings. The van der Waals surface area contributed by atoms with Gasteiger partial charge in [0.1, 0.15) is 5.75 Å². The number of aromatic nitrogens is 1. The van der Waals surface area contributed by atoms with Crippen molar-refractivity contribution < 1.29 is 14.7 Å². The standard InChI is InChI=1S/C27H30N4O3/c1-5-31(6-2)15-18-14-19(11-12-22(18)32)29-27(34)24(25-16(3)13-17(4)28-25)23-20-9-7-8-10-21(20)30-26(23)33/h7-14,28,32H,5-6,15H2,1-4H3,(H,29,34)(H,30,33). The predicted molar refractivity (Wildman–Crippen MR) is 136 cm³/mol. The van der Waals surface area contributed by atoms with Crippen molar-refractivity contribution in [2.24, 2.45) is 0 Å². The Morgan fingerprint density at radius 1 is 1.06 bits per heavy atom. The van der Waals surface area contributed by atoms with Crippen LogP contribution >= 0.6 is 0 Å². The number of amides is 2. The molecule has 1 aliphatic heterocycles. The smallest absolute Gasteiger partial charge is 0.258 e. The molecule has 0 bridgehead atoms. The zero-order valence-corrected chi connectivity index (χ0v) is 20.0. The van der Waals surface area contributed by atoms with E-state index >= 15 is 0 Å². The SMILES string of the molecule is CCN(CC)Cc1cc(NC(=O)C(=C2C(=O)Nc3ccccc32)c2[nH]c(C)cc2C)ccc1O. The van der Waals surface area contributed by atoms with E-state index in [9.17, 15) is 14.7 Å². The Bertz CT molecular complexity index is 1280. The molecule has 0 spiro atoms. The summed E-state index contributed by atoms with van der Waals surface area (Å²) in [6, 6.07) is 14.3. The molecule has 1 aromatic heterocycles. The molecule has 2 heterocycles. The van der Waals surface area contributed by atoms with Crippen molar-refractivity contribution in [2.45, 2.75) is 34.2 Å². The van der Waals surface area contributed by atoms with E-state index in [4.69, 9.17) is 0 Å². The minimum absolute atomic E-state index is 0.184. The van der Waals surface area contributed by atoms with Gasteiger partial charge in [-0.25, -0.2) is 0 Å². The second-order valence-electron chi connectivity index (χ2n) is 8.52. The van der Waals surface area contributed by atoms with E-state index < -0.39 is 5.91 Å². The molecule has 2 amide bonds. The van der Waals surface area contributed by atoms with Crippen molar-refractivity contribution in [2.75, 3.05) is 23.7 Å². The van der Waals surface area contributed by atoms with Crippen LogP contribution in [0.15, 0.2) is 48.5 Å². The third-order valence-electron chi connectivity index (χ3n) is 6.17. The number of para-hydroxylation sites is 1. The van der Waals surface area contributed by atoms with Crippen LogP contribution in [0.2, 0.25) is 0 Å². The molecule has 4 rings (SSSR count). The molecule has 176 valence electrons. The van der Waals surface area contributed by atoms with Crippen LogP contribution in [0.25, 0.3) is 11.1 Å². The summed E-state index contributed by atoms with van der Waals surface area (Å²) in [5, 5.41) is 16.2. The fourth-order valence-corrected chi connectivity index (χ4v) is 4.38. The Morgan fingerprint density at radius 2 is 1.79 bits per heavy atom. The number of anilines is 2. The van der Waals surface area contributed by atoms with E-state index in [0.717, 1.165) is 29.9 Å². The van der Waals surface area contributed by atoms with Gasteiger partial charge in [-0.2, -0.15) is 0 Å². The molecular formula is C27H30N4O3. The first-order valence-corrected chi connectivity index (χ1v) is 11.5. The molecule has 1 aliphatic rings. The Morgan fingerprint density at radius 3 is 2.47 bits per heavy atom. The Hall–Kier alpha value is -3.84. The van der Waals surface area contributed by atoms with Gasteiger partial charge < -0.3 is 20.7 Å². The Balaban J connectivity index is 1.77. The van der Waals surface area contributed by atoms with Crippen LogP contribution in [0.1, 0.15) is 41.9 Å². The molecule has 0 unspecified atom stereocenters. The first-order valence-electron chi connectivity index (χ1n) is 11.5. The highest BCUT2D eigenvalue weighted by molar-refractivity contribution is 6.46. The van der Waals surface area contributed by atoms with Crippen molar-refractivity contribution in [1.29, 1.82) is 0 Å². The molecule has 7 heteroatoms. The van der Waals surface area contributed by atoms with E-state index in [2.05, 4.69) is 34.4 Å². The Kier molecular flexibility index (Phi) is 6.56. The number of nitrogens with zero attached hydrogens (tertiary/aromatic N) is 1. The molecule has 3 aromatic rings. The number of carbonyl (C=O) groups is 2. The highest BCUT2D eigenvalue weighted by atomic mass is 16.3. The van der Waals surface area contributed by atoms with E-state index in [0.29, 0.717) is 34.8 Å². The zero-order chi connectivity index (χ0) is 24.4. The first-order chi connectivity index (χ1) is 16.3. The average molecular weight is 459 g/mol. The van der Waals surface area contributed by atoms with Gasteiger partial charge in [-0.1, -0.05) is 32.0 Å². The van der Waals surface area contributed by atoms with Crippen LogP contribution in [0.5, 0.6) is 5.75 Å². The number of phenols is 1. The maximum atomic E-state index is 13.7. The Labute approximate surface area is 199 Å². The summed E-state index contributed by atoms with van der Waals surface area (Å²) in [5.41, 5.74) is 5.65. The number of aryl methyl sites for hydroxylation is 2. The van der Waals surface area contributed by atoms with Gasteiger partial charge in [-0.15, -0.1) is 0 Å². The number of carbonyl (C=O) groups excluding carboxylic acids is 2. The van der Waals surface area contributed by atoms with Gasteiger partial charge >= 0.3 is 0 Å². The number of fused-ring (bicyclic) bond motifs is 1. The number of hydrogen-bond donors (Lipinski definition) is 4. The van der Waals surface area contributed by atoms with E-state index in [1.165, 1.54) is 0 Å². The van der Waals surface area contributed by atoms with Gasteiger partial charge in [0.15, 0.2) is 0 Å². The molecule has 0 radical (unpaired) electrons. The maximum Gasteiger partial charge on any atom is 0.258 e. The van der Waals surface area contributed by atoms with Crippen LogP contribution in [-0.2, 0) is 16.1 Å². The highest BCUT2D eigenvalue weighted by Crippen LogP contribution is 2.38. The molecule has 4 N–H and O–H groups in total. The summed E-state index contributed by atoms with van der Waals surface area (Å²) < 4.78 is 0. The lowest BCUT2D eigenvalue weighted by Crippen LogP contribution is -2.22. The number of rotatable bonds is 7. The topological polar surface area (TPSA) is 97.5 Å². The van der Waals surface area contributed by atoms with Gasteiger partial charge in [-0.05, 0) is 62.8 Å². The molecule has 2 aromatic carbocycles.